The van der Waals surface area contributed by atoms with Gasteiger partial charge in [0.05, 0.1) is 0 Å². The molecule has 1 heterocycles. The number of rotatable bonds is 1. The van der Waals surface area contributed by atoms with Gasteiger partial charge in [0.2, 0.25) is 0 Å². The van der Waals surface area contributed by atoms with Gasteiger partial charge in [-0.3, -0.25) is 0 Å². The molecule has 0 unspecified atom stereocenters. The van der Waals surface area contributed by atoms with Crippen molar-refractivity contribution < 1.29 is 0 Å². The van der Waals surface area contributed by atoms with Crippen LogP contribution in [0.25, 0.3) is 0 Å². The number of fused-ring (bicyclic) bond motifs is 1. The summed E-state index contributed by atoms with van der Waals surface area (Å²) in [4.78, 5) is 2.44. The van der Waals surface area contributed by atoms with Crippen molar-refractivity contribution in [3.8, 4) is 0 Å². The van der Waals surface area contributed by atoms with Crippen molar-refractivity contribution in [2.24, 2.45) is 0 Å². The molecule has 1 aliphatic rings. The first-order valence-corrected chi connectivity index (χ1v) is 6.19. The smallest absolute Gasteiger partial charge is 0.0444 e. The lowest BCUT2D eigenvalue weighted by atomic mass is 10.1. The van der Waals surface area contributed by atoms with E-state index in [0.29, 0.717) is 0 Å². The van der Waals surface area contributed by atoms with Gasteiger partial charge in [-0.25, -0.2) is 0 Å². The number of hydrogen-bond donors (Lipinski definition) is 0. The molecule has 0 aliphatic carbocycles. The van der Waals surface area contributed by atoms with Crippen LogP contribution in [0.15, 0.2) is 42.5 Å². The number of para-hydroxylation sites is 1. The van der Waals surface area contributed by atoms with Gasteiger partial charge in [-0.2, -0.15) is 0 Å². The average Bonchev–Trinajstić information content (AvgIpc) is 2.77. The van der Waals surface area contributed by atoms with Crippen LogP contribution < -0.4 is 4.90 Å². The highest BCUT2D eigenvalue weighted by Crippen LogP contribution is 2.36. The molecule has 0 bridgehead atoms. The van der Waals surface area contributed by atoms with E-state index in [4.69, 9.17) is 0 Å². The highest BCUT2D eigenvalue weighted by atomic mass is 15.2. The Kier molecular flexibility index (Phi) is 2.40. The Hall–Kier alpha value is -1.76. The first-order chi connectivity index (χ1) is 8.27. The Morgan fingerprint density at radius 3 is 2.53 bits per heavy atom. The second-order valence-electron chi connectivity index (χ2n) is 4.75. The summed E-state index contributed by atoms with van der Waals surface area (Å²) in [6.45, 7) is 5.50. The highest BCUT2D eigenvalue weighted by molar-refractivity contribution is 5.72. The molecule has 0 atom stereocenters. The Balaban J connectivity index is 2.10. The summed E-state index contributed by atoms with van der Waals surface area (Å²) >= 11 is 0. The predicted octanol–water partition coefficient (Wildman–Crippen LogP) is 4.00. The standard InChI is InChI=1S/C16H17N/c1-12-6-5-9-15(13(12)2)17-11-10-14-7-3-4-8-16(14)17/h3-9H,10-11H2,1-2H3. The highest BCUT2D eigenvalue weighted by Gasteiger charge is 2.20. The van der Waals surface area contributed by atoms with Crippen molar-refractivity contribution in [3.05, 3.63) is 59.2 Å². The quantitative estimate of drug-likeness (QED) is 0.706. The van der Waals surface area contributed by atoms with Gasteiger partial charge >= 0.3 is 0 Å². The molecule has 0 radical (unpaired) electrons. The fraction of sp³-hybridized carbons (Fsp3) is 0.250. The normalized spacial score (nSPS) is 13.9. The average molecular weight is 223 g/mol. The molecular weight excluding hydrogens is 206 g/mol. The molecule has 17 heavy (non-hydrogen) atoms. The minimum Gasteiger partial charge on any atom is -0.341 e. The van der Waals surface area contributed by atoms with Crippen LogP contribution in [0, 0.1) is 13.8 Å². The van der Waals surface area contributed by atoms with Crippen molar-refractivity contribution in [1.82, 2.24) is 0 Å². The number of aryl methyl sites for hydroxylation is 1. The van der Waals surface area contributed by atoms with Crippen LogP contribution in [-0.4, -0.2) is 6.54 Å². The van der Waals surface area contributed by atoms with Crippen molar-refractivity contribution in [1.29, 1.82) is 0 Å². The predicted molar refractivity (Wildman–Crippen MR) is 73.1 cm³/mol. The molecule has 1 aliphatic heterocycles. The van der Waals surface area contributed by atoms with E-state index in [0.717, 1.165) is 13.0 Å². The van der Waals surface area contributed by atoms with Gasteiger partial charge in [0.25, 0.3) is 0 Å². The number of benzene rings is 2. The third kappa shape index (κ3) is 1.62. The third-order valence-corrected chi connectivity index (χ3v) is 3.75. The molecule has 0 amide bonds. The monoisotopic (exact) mass is 223 g/mol. The van der Waals surface area contributed by atoms with E-state index in [1.807, 2.05) is 0 Å². The lowest BCUT2D eigenvalue weighted by Crippen LogP contribution is -2.14. The van der Waals surface area contributed by atoms with Crippen molar-refractivity contribution >= 4 is 11.4 Å². The van der Waals surface area contributed by atoms with Crippen LogP contribution in [-0.2, 0) is 6.42 Å². The van der Waals surface area contributed by atoms with Gasteiger partial charge in [-0.1, -0.05) is 30.3 Å². The Morgan fingerprint density at radius 1 is 0.882 bits per heavy atom. The molecule has 0 aromatic heterocycles. The van der Waals surface area contributed by atoms with Gasteiger partial charge in [0.1, 0.15) is 0 Å². The molecule has 0 fully saturated rings. The molecule has 2 aromatic carbocycles. The van der Waals surface area contributed by atoms with Gasteiger partial charge in [0.15, 0.2) is 0 Å². The molecule has 1 nitrogen and oxygen atoms in total. The van der Waals surface area contributed by atoms with E-state index in [1.54, 1.807) is 0 Å². The van der Waals surface area contributed by atoms with Crippen LogP contribution in [0.3, 0.4) is 0 Å². The maximum atomic E-state index is 2.44. The first-order valence-electron chi connectivity index (χ1n) is 6.19. The summed E-state index contributed by atoms with van der Waals surface area (Å²) < 4.78 is 0. The Bertz CT molecular complexity index is 557. The largest absolute Gasteiger partial charge is 0.341 e. The van der Waals surface area contributed by atoms with Crippen LogP contribution in [0.5, 0.6) is 0 Å². The maximum Gasteiger partial charge on any atom is 0.0444 e. The molecular formula is C16H17N. The van der Waals surface area contributed by atoms with E-state index in [2.05, 4.69) is 61.2 Å². The van der Waals surface area contributed by atoms with Gasteiger partial charge in [-0.15, -0.1) is 0 Å². The number of anilines is 2. The third-order valence-electron chi connectivity index (χ3n) is 3.75. The topological polar surface area (TPSA) is 3.24 Å². The first kappa shape index (κ1) is 10.4. The van der Waals surface area contributed by atoms with E-state index in [9.17, 15) is 0 Å². The van der Waals surface area contributed by atoms with Gasteiger partial charge in [0, 0.05) is 17.9 Å². The molecule has 3 rings (SSSR count). The van der Waals surface area contributed by atoms with E-state index >= 15 is 0 Å². The molecule has 86 valence electrons. The SMILES string of the molecule is Cc1cccc(N2CCc3ccccc32)c1C. The molecule has 1 heteroatoms. The van der Waals surface area contributed by atoms with Crippen molar-refractivity contribution in [3.63, 3.8) is 0 Å². The Morgan fingerprint density at radius 2 is 1.65 bits per heavy atom. The van der Waals surface area contributed by atoms with E-state index in [1.165, 1.54) is 28.1 Å². The summed E-state index contributed by atoms with van der Waals surface area (Å²) in [6.07, 6.45) is 1.16. The Labute approximate surface area is 103 Å². The lowest BCUT2D eigenvalue weighted by Gasteiger charge is -2.22. The van der Waals surface area contributed by atoms with E-state index < -0.39 is 0 Å². The molecule has 0 N–H and O–H groups in total. The second kappa shape index (κ2) is 3.92. The van der Waals surface area contributed by atoms with Crippen LogP contribution in [0.2, 0.25) is 0 Å². The lowest BCUT2D eigenvalue weighted by molar-refractivity contribution is 0.990. The van der Waals surface area contributed by atoms with Gasteiger partial charge < -0.3 is 4.90 Å². The summed E-state index contributed by atoms with van der Waals surface area (Å²) in [6, 6.07) is 15.3. The van der Waals surface area contributed by atoms with Crippen LogP contribution in [0.4, 0.5) is 11.4 Å². The molecule has 0 saturated carbocycles. The minimum atomic E-state index is 1.10. The zero-order valence-corrected chi connectivity index (χ0v) is 10.4. The molecule has 0 spiro atoms. The molecule has 2 aromatic rings. The fourth-order valence-electron chi connectivity index (χ4n) is 2.62. The summed E-state index contributed by atoms with van der Waals surface area (Å²) in [5.41, 5.74) is 6.96. The summed E-state index contributed by atoms with van der Waals surface area (Å²) in [7, 11) is 0. The van der Waals surface area contributed by atoms with Crippen molar-refractivity contribution in [2.75, 3.05) is 11.4 Å². The minimum absolute atomic E-state index is 1.10. The van der Waals surface area contributed by atoms with Crippen molar-refractivity contribution in [2.45, 2.75) is 20.3 Å². The molecule has 0 saturated heterocycles. The maximum absolute atomic E-state index is 2.44. The van der Waals surface area contributed by atoms with Crippen LogP contribution in [0.1, 0.15) is 16.7 Å². The zero-order valence-electron chi connectivity index (χ0n) is 10.4. The number of hydrogen-bond acceptors (Lipinski definition) is 1. The van der Waals surface area contributed by atoms with E-state index in [-0.39, 0.29) is 0 Å². The zero-order chi connectivity index (χ0) is 11.8. The van der Waals surface area contributed by atoms with Gasteiger partial charge in [-0.05, 0) is 49.1 Å². The summed E-state index contributed by atoms with van der Waals surface area (Å²) in [5.74, 6) is 0. The number of nitrogens with zero attached hydrogens (tertiary/aromatic N) is 1. The summed E-state index contributed by atoms with van der Waals surface area (Å²) in [5, 5.41) is 0. The second-order valence-corrected chi connectivity index (χ2v) is 4.75. The fourth-order valence-corrected chi connectivity index (χ4v) is 2.62. The van der Waals surface area contributed by atoms with Crippen LogP contribution >= 0.6 is 0 Å².